The molecule has 0 spiro atoms. The first-order valence-corrected chi connectivity index (χ1v) is 39.3. The highest BCUT2D eigenvalue weighted by Gasteiger charge is 2.21. The van der Waals surface area contributed by atoms with Crippen molar-refractivity contribution in [3.63, 3.8) is 0 Å². The Morgan fingerprint density at radius 2 is 0.773 bits per heavy atom. The number of aryl methyl sites for hydroxylation is 1. The number of carboxylic acids is 1. The molecule has 2 rings (SSSR count). The number of unbranched alkanes of at least 4 members (excludes halogenated alkanes) is 3. The Kier molecular flexibility index (Phi) is 52.7. The first-order chi connectivity index (χ1) is 46.0. The average Bonchev–Trinajstić information content (AvgIpc) is 0.886. The molecule has 558 valence electrons. The number of nitrogens with one attached hydrogen (secondary N) is 1. The van der Waals surface area contributed by atoms with Gasteiger partial charge >= 0.3 is 102 Å². The molecule has 2 heterocycles. The van der Waals surface area contributed by atoms with Crippen molar-refractivity contribution in [1.82, 2.24) is 29.9 Å². The van der Waals surface area contributed by atoms with Crippen LogP contribution in [0.15, 0.2) is 0 Å². The van der Waals surface area contributed by atoms with E-state index in [-0.39, 0.29) is 147 Å². The summed E-state index contributed by atoms with van der Waals surface area (Å²) in [6.45, 7) is 7.04. The molecule has 0 fully saturated rings. The fraction of sp³-hybridized carbons (Fsp3) is 0.769. The molecule has 0 amide bonds. The van der Waals surface area contributed by atoms with Crippen LogP contribution in [-0.2, 0) is 108 Å². The Hall–Kier alpha value is -5.79. The summed E-state index contributed by atoms with van der Waals surface area (Å²) >= 11 is 0. The Bertz CT molecular complexity index is 2940. The van der Waals surface area contributed by atoms with Crippen LogP contribution in [0.3, 0.4) is 0 Å². The molecular weight excluding hydrogens is 1420 g/mol. The molecule has 0 aromatic carbocycles. The second-order valence-corrected chi connectivity index (χ2v) is 28.6. The maximum atomic E-state index is 12.6. The van der Waals surface area contributed by atoms with Crippen molar-refractivity contribution < 1.29 is 146 Å². The number of aliphatic carboxylic acids is 1. The van der Waals surface area contributed by atoms with E-state index in [9.17, 15) is 54.0 Å². The Labute approximate surface area is 566 Å². The smallest absolute Gasteiger partial charge is 0.448 e. The average molecular weight is 1510 g/mol. The Morgan fingerprint density at radius 3 is 1.21 bits per heavy atom. The summed E-state index contributed by atoms with van der Waals surface area (Å²) in [5.41, 5.74) is 0. The van der Waals surface area contributed by atoms with Crippen molar-refractivity contribution in [2.45, 2.75) is 136 Å². The number of esters is 2. The van der Waals surface area contributed by atoms with Gasteiger partial charge in [0.1, 0.15) is 19.0 Å². The molecule has 0 aliphatic rings. The van der Waals surface area contributed by atoms with Crippen LogP contribution in [0.2, 0.25) is 0 Å². The van der Waals surface area contributed by atoms with Crippen LogP contribution in [-0.4, -0.2) is 255 Å². The molecule has 7 N–H and O–H groups in total. The summed E-state index contributed by atoms with van der Waals surface area (Å²) in [6, 6.07) is -0.617. The number of anilines is 1. The van der Waals surface area contributed by atoms with Crippen molar-refractivity contribution in [3.8, 4) is 24.0 Å². The van der Waals surface area contributed by atoms with Gasteiger partial charge in [0.05, 0.1) is 46.2 Å². The highest BCUT2D eigenvalue weighted by atomic mass is 32.3. The van der Waals surface area contributed by atoms with E-state index in [2.05, 4.69) is 47.8 Å². The van der Waals surface area contributed by atoms with Crippen molar-refractivity contribution in [3.05, 3.63) is 5.82 Å². The monoisotopic (exact) mass is 1510 g/mol. The van der Waals surface area contributed by atoms with Crippen molar-refractivity contribution in [2.24, 2.45) is 0 Å². The zero-order chi connectivity index (χ0) is 72.8. The van der Waals surface area contributed by atoms with E-state index in [1.54, 1.807) is 0 Å². The molecule has 1 unspecified atom stereocenters. The Morgan fingerprint density at radius 1 is 0.423 bits per heavy atom. The van der Waals surface area contributed by atoms with E-state index in [1.165, 1.54) is 0 Å². The highest BCUT2D eigenvalue weighted by molar-refractivity contribution is 7.81. The first kappa shape index (κ1) is 91.2. The number of aromatic nitrogens is 6. The number of carboxylic acid groups (broad SMARTS) is 1. The van der Waals surface area contributed by atoms with E-state index < -0.39 is 93.5 Å². The summed E-state index contributed by atoms with van der Waals surface area (Å²) in [6.07, 6.45) is 10.1. The molecule has 39 nitrogen and oxygen atoms in total. The lowest BCUT2D eigenvalue weighted by molar-refractivity contribution is -0.137. The second kappa shape index (κ2) is 56.0. The van der Waals surface area contributed by atoms with Gasteiger partial charge in [-0.25, -0.2) is 0 Å². The van der Waals surface area contributed by atoms with Gasteiger partial charge in [-0.15, -0.1) is 38.4 Å². The van der Waals surface area contributed by atoms with Crippen LogP contribution in [0, 0.1) is 0 Å². The second-order valence-electron chi connectivity index (χ2n) is 19.7. The zero-order valence-corrected chi connectivity index (χ0v) is 58.9. The number of rotatable bonds is 56. The first-order valence-electron chi connectivity index (χ1n) is 30.4. The van der Waals surface area contributed by atoms with Crippen LogP contribution in [0.1, 0.15) is 135 Å². The largest absolute Gasteiger partial charge is 0.481 e. The SMILES string of the molecule is CCCOCCCc1nc(OCCOCCO)nc(OC(=O)CCCCP(CCCCC(=O)O)CCCCC(=O)OS(=O)(=O)O)n1.CCCOCCOc1nc(NCCOCCO)nc(OC(=O)CCCP(CCCC(=O)OS(=O)(=O)O)CCCC(=O)OS(=O)(=O)O)n1.O=S(=O)=O. The van der Waals surface area contributed by atoms with Crippen LogP contribution in [0.4, 0.5) is 5.95 Å². The van der Waals surface area contributed by atoms with Gasteiger partial charge < -0.3 is 71.1 Å². The van der Waals surface area contributed by atoms with Gasteiger partial charge in [-0.3, -0.25) is 42.4 Å². The van der Waals surface area contributed by atoms with Crippen LogP contribution in [0.5, 0.6) is 24.0 Å². The molecule has 45 heteroatoms. The standard InChI is InChI=1S/C28H48N3O13PS.C24H41N4O16PS2.O3S/c1-2-15-40-16-9-10-23-29-27(42-19-18-41-17-14-32)31-28(30-23)43-25(35)12-4-7-21-45(20-6-3-11-24(33)34)22-8-5-13-26(36)44-46(37,38)39;1-2-11-39-14-15-41-23-26-22(25-9-12-40-13-10-29)27-24(28-23)42-19(30)6-3-16-45(17-4-7-20(31)43-46(33,34)35)18-5-8-21(32)44-47(36,37)38;1-4(2)3/h32H,2-22H2,1H3,(H,33,34)(H,37,38,39);29H,2-18H2,1H3,(H,33,34,35)(H,36,37,38)(H,25,26,27,28);. The number of carbonyl (C=O) groups is 6. The molecular formula is C52H89N7O32P2S4. The van der Waals surface area contributed by atoms with E-state index >= 15 is 0 Å². The van der Waals surface area contributed by atoms with Gasteiger partial charge in [-0.1, -0.05) is 13.8 Å². The maximum absolute atomic E-state index is 12.6. The predicted octanol–water partition coefficient (Wildman–Crippen LogP) is 2.46. The van der Waals surface area contributed by atoms with E-state index in [0.717, 1.165) is 44.2 Å². The molecule has 97 heavy (non-hydrogen) atoms. The van der Waals surface area contributed by atoms with Crippen molar-refractivity contribution in [2.75, 3.05) is 128 Å². The lowest BCUT2D eigenvalue weighted by atomic mass is 10.2. The summed E-state index contributed by atoms with van der Waals surface area (Å²) in [7, 11) is -19.3. The van der Waals surface area contributed by atoms with Crippen LogP contribution in [0.25, 0.3) is 0 Å². The number of aliphatic hydroxyl groups is 2. The number of hydrogen-bond acceptors (Lipinski definition) is 35. The molecule has 0 aliphatic carbocycles. The summed E-state index contributed by atoms with van der Waals surface area (Å²) in [5, 5.41) is 29.4. The molecule has 2 aromatic rings. The lowest BCUT2D eigenvalue weighted by Crippen LogP contribution is -2.17. The fourth-order valence-electron chi connectivity index (χ4n) is 7.52. The molecule has 0 saturated heterocycles. The van der Waals surface area contributed by atoms with E-state index in [4.69, 9.17) is 79.5 Å². The van der Waals surface area contributed by atoms with Gasteiger partial charge in [-0.2, -0.15) is 45.2 Å². The number of hydrogen-bond donors (Lipinski definition) is 7. The normalized spacial score (nSPS) is 11.6. The number of nitrogens with zero attached hydrogens (tertiary/aromatic N) is 6. The van der Waals surface area contributed by atoms with Gasteiger partial charge in [0, 0.05) is 71.3 Å². The van der Waals surface area contributed by atoms with Crippen LogP contribution < -0.4 is 24.3 Å². The molecule has 0 bridgehead atoms. The predicted molar refractivity (Wildman–Crippen MR) is 339 cm³/mol. The summed E-state index contributed by atoms with van der Waals surface area (Å²) < 4.78 is 170. The van der Waals surface area contributed by atoms with E-state index in [0.29, 0.717) is 89.1 Å². The minimum absolute atomic E-state index is 0.00494. The van der Waals surface area contributed by atoms with E-state index in [1.807, 2.05) is 13.8 Å². The molecule has 0 saturated carbocycles. The highest BCUT2D eigenvalue weighted by Crippen LogP contribution is 2.40. The lowest BCUT2D eigenvalue weighted by Gasteiger charge is -2.17. The number of ether oxygens (including phenoxy) is 8. The summed E-state index contributed by atoms with van der Waals surface area (Å²) in [4.78, 5) is 95.6. The third-order valence-electron chi connectivity index (χ3n) is 11.4. The molecule has 1 atom stereocenters. The zero-order valence-electron chi connectivity index (χ0n) is 53.9. The number of carbonyl (C=O) groups excluding carboxylic acids is 5. The fourth-order valence-corrected chi connectivity index (χ4v) is 13.6. The Balaban J connectivity index is 0.00000180. The molecule has 0 aliphatic heterocycles. The molecule has 0 radical (unpaired) electrons. The third-order valence-corrected chi connectivity index (χ3v) is 18.3. The van der Waals surface area contributed by atoms with Gasteiger partial charge in [0.15, 0.2) is 0 Å². The van der Waals surface area contributed by atoms with Gasteiger partial charge in [-0.05, 0) is 114 Å². The summed E-state index contributed by atoms with van der Waals surface area (Å²) in [5.74, 6) is -4.96. The molecule has 2 aromatic heterocycles. The quantitative estimate of drug-likeness (QED) is 0.0216. The minimum Gasteiger partial charge on any atom is -0.481 e. The van der Waals surface area contributed by atoms with Crippen LogP contribution >= 0.6 is 15.8 Å². The van der Waals surface area contributed by atoms with Gasteiger partial charge in [0.25, 0.3) is 0 Å². The van der Waals surface area contributed by atoms with Crippen molar-refractivity contribution >= 4 is 99.4 Å². The van der Waals surface area contributed by atoms with Gasteiger partial charge in [0.2, 0.25) is 5.95 Å². The maximum Gasteiger partial charge on any atom is 0.448 e. The van der Waals surface area contributed by atoms with Crippen molar-refractivity contribution in [1.29, 1.82) is 0 Å². The topological polar surface area (TPSA) is 568 Å². The third kappa shape index (κ3) is 59.9. The number of aliphatic hydroxyl groups excluding tert-OH is 2. The minimum atomic E-state index is -4.95.